The van der Waals surface area contributed by atoms with E-state index in [-0.39, 0.29) is 25.5 Å². The second-order valence-corrected chi connectivity index (χ2v) is 6.56. The van der Waals surface area contributed by atoms with Gasteiger partial charge < -0.3 is 9.64 Å². The summed E-state index contributed by atoms with van der Waals surface area (Å²) in [5, 5.41) is 8.79. The molecule has 0 aliphatic heterocycles. The molecule has 0 fully saturated rings. The van der Waals surface area contributed by atoms with Gasteiger partial charge in [0.25, 0.3) is 5.91 Å². The summed E-state index contributed by atoms with van der Waals surface area (Å²) < 4.78 is 5.11. The van der Waals surface area contributed by atoms with Crippen LogP contribution in [0.1, 0.15) is 26.5 Å². The first-order valence-corrected chi connectivity index (χ1v) is 8.30. The standard InChI is InChI=1S/C18H18N2O3S/c1-13-4-7-15(8-5-13)20(11-3-10-19)17(21)12-23-18(22)16-9-6-14(2)24-16/h4-9H,3,11-12H2,1-2H3. The maximum absolute atomic E-state index is 12.4. The second-order valence-electron chi connectivity index (χ2n) is 5.28. The van der Waals surface area contributed by atoms with Crippen molar-refractivity contribution in [3.05, 3.63) is 51.7 Å². The van der Waals surface area contributed by atoms with E-state index in [0.29, 0.717) is 10.6 Å². The molecular weight excluding hydrogens is 324 g/mol. The maximum Gasteiger partial charge on any atom is 0.348 e. The number of thiophene rings is 1. The van der Waals surface area contributed by atoms with Crippen molar-refractivity contribution >= 4 is 28.9 Å². The monoisotopic (exact) mass is 342 g/mol. The number of hydrogen-bond acceptors (Lipinski definition) is 5. The number of aryl methyl sites for hydroxylation is 2. The van der Waals surface area contributed by atoms with Gasteiger partial charge in [-0.1, -0.05) is 17.7 Å². The SMILES string of the molecule is Cc1ccc(N(CCC#N)C(=O)COC(=O)c2ccc(C)s2)cc1. The van der Waals surface area contributed by atoms with Gasteiger partial charge in [0.2, 0.25) is 0 Å². The van der Waals surface area contributed by atoms with E-state index in [0.717, 1.165) is 10.4 Å². The molecule has 1 aromatic carbocycles. The van der Waals surface area contributed by atoms with Crippen LogP contribution in [0.4, 0.5) is 5.69 Å². The summed E-state index contributed by atoms with van der Waals surface area (Å²) in [7, 11) is 0. The van der Waals surface area contributed by atoms with E-state index in [4.69, 9.17) is 10.00 Å². The zero-order chi connectivity index (χ0) is 17.5. The van der Waals surface area contributed by atoms with Crippen molar-refractivity contribution in [3.63, 3.8) is 0 Å². The van der Waals surface area contributed by atoms with E-state index < -0.39 is 5.97 Å². The Morgan fingerprint density at radius 2 is 1.88 bits per heavy atom. The third-order valence-corrected chi connectivity index (χ3v) is 4.34. The number of benzene rings is 1. The smallest absolute Gasteiger partial charge is 0.348 e. The van der Waals surface area contributed by atoms with Gasteiger partial charge in [0.15, 0.2) is 6.61 Å². The fraction of sp³-hybridized carbons (Fsp3) is 0.278. The van der Waals surface area contributed by atoms with E-state index in [2.05, 4.69) is 0 Å². The minimum absolute atomic E-state index is 0.206. The van der Waals surface area contributed by atoms with Gasteiger partial charge in [0.05, 0.1) is 12.5 Å². The number of rotatable bonds is 6. The zero-order valence-electron chi connectivity index (χ0n) is 13.6. The number of nitrogens with zero attached hydrogens (tertiary/aromatic N) is 2. The van der Waals surface area contributed by atoms with Gasteiger partial charge >= 0.3 is 5.97 Å². The molecule has 0 saturated carbocycles. The van der Waals surface area contributed by atoms with Crippen LogP contribution in [0.25, 0.3) is 0 Å². The lowest BCUT2D eigenvalue weighted by molar-refractivity contribution is -0.121. The van der Waals surface area contributed by atoms with Crippen LogP contribution in [-0.4, -0.2) is 25.0 Å². The molecule has 0 spiro atoms. The summed E-state index contributed by atoms with van der Waals surface area (Å²) in [5.41, 5.74) is 1.76. The van der Waals surface area contributed by atoms with Crippen LogP contribution >= 0.6 is 11.3 Å². The predicted molar refractivity (Wildman–Crippen MR) is 93.1 cm³/mol. The molecule has 0 unspecified atom stereocenters. The van der Waals surface area contributed by atoms with Crippen LogP contribution in [0.2, 0.25) is 0 Å². The van der Waals surface area contributed by atoms with Crippen LogP contribution in [0.3, 0.4) is 0 Å². The van der Waals surface area contributed by atoms with Gasteiger partial charge in [-0.3, -0.25) is 4.79 Å². The summed E-state index contributed by atoms with van der Waals surface area (Å²) in [6.07, 6.45) is 0.206. The number of hydrogen-bond donors (Lipinski definition) is 0. The predicted octanol–water partition coefficient (Wildman–Crippen LogP) is 3.47. The summed E-state index contributed by atoms with van der Waals surface area (Å²) in [5.74, 6) is -0.860. The van der Waals surface area contributed by atoms with Crippen LogP contribution in [0, 0.1) is 25.2 Å². The Bertz CT molecular complexity index is 759. The molecule has 0 radical (unpaired) electrons. The fourth-order valence-electron chi connectivity index (χ4n) is 2.10. The van der Waals surface area contributed by atoms with Gasteiger partial charge in [0, 0.05) is 17.1 Å². The molecule has 2 aromatic rings. The largest absolute Gasteiger partial charge is 0.451 e. The second kappa shape index (κ2) is 8.27. The van der Waals surface area contributed by atoms with Crippen molar-refractivity contribution < 1.29 is 14.3 Å². The quantitative estimate of drug-likeness (QED) is 0.754. The summed E-state index contributed by atoms with van der Waals surface area (Å²) >= 11 is 1.33. The Balaban J connectivity index is 2.03. The molecular formula is C18H18N2O3S. The van der Waals surface area contributed by atoms with Crippen LogP contribution in [0.15, 0.2) is 36.4 Å². The Labute approximate surface area is 145 Å². The van der Waals surface area contributed by atoms with Gasteiger partial charge in [0.1, 0.15) is 4.88 Å². The third kappa shape index (κ3) is 4.67. The van der Waals surface area contributed by atoms with Crippen LogP contribution in [-0.2, 0) is 9.53 Å². The van der Waals surface area contributed by atoms with Crippen molar-refractivity contribution in [1.29, 1.82) is 5.26 Å². The number of carbonyl (C=O) groups excluding carboxylic acids is 2. The fourth-order valence-corrected chi connectivity index (χ4v) is 2.87. The normalized spacial score (nSPS) is 10.0. The highest BCUT2D eigenvalue weighted by Crippen LogP contribution is 2.18. The first kappa shape index (κ1) is 17.7. The molecule has 24 heavy (non-hydrogen) atoms. The van der Waals surface area contributed by atoms with Crippen LogP contribution in [0.5, 0.6) is 0 Å². The molecule has 0 bridgehead atoms. The molecule has 2 rings (SSSR count). The minimum atomic E-state index is -0.509. The number of amides is 1. The number of nitriles is 1. The number of anilines is 1. The van der Waals surface area contributed by atoms with Crippen molar-refractivity contribution in [2.45, 2.75) is 20.3 Å². The lowest BCUT2D eigenvalue weighted by Crippen LogP contribution is -2.35. The highest BCUT2D eigenvalue weighted by atomic mass is 32.1. The summed E-state index contributed by atoms with van der Waals surface area (Å²) in [6.45, 7) is 3.76. The summed E-state index contributed by atoms with van der Waals surface area (Å²) in [6, 6.07) is 12.9. The Hall–Kier alpha value is -2.65. The molecule has 1 heterocycles. The molecule has 0 aliphatic rings. The molecule has 1 amide bonds. The van der Waals surface area contributed by atoms with E-state index in [9.17, 15) is 9.59 Å². The zero-order valence-corrected chi connectivity index (χ0v) is 14.4. The molecule has 0 aliphatic carbocycles. The lowest BCUT2D eigenvalue weighted by Gasteiger charge is -2.21. The molecule has 0 atom stereocenters. The Kier molecular flexibility index (Phi) is 6.10. The first-order valence-electron chi connectivity index (χ1n) is 7.49. The van der Waals surface area contributed by atoms with Gasteiger partial charge in [-0.2, -0.15) is 5.26 Å². The summed E-state index contributed by atoms with van der Waals surface area (Å²) in [4.78, 5) is 27.3. The van der Waals surface area contributed by atoms with Crippen molar-refractivity contribution in [2.24, 2.45) is 0 Å². The topological polar surface area (TPSA) is 70.4 Å². The van der Waals surface area contributed by atoms with E-state index >= 15 is 0 Å². The molecule has 1 aromatic heterocycles. The molecule has 124 valence electrons. The van der Waals surface area contributed by atoms with Gasteiger partial charge in [-0.25, -0.2) is 4.79 Å². The third-order valence-electron chi connectivity index (χ3n) is 3.36. The highest BCUT2D eigenvalue weighted by molar-refractivity contribution is 7.13. The Morgan fingerprint density at radius 3 is 2.46 bits per heavy atom. The average molecular weight is 342 g/mol. The van der Waals surface area contributed by atoms with Gasteiger partial charge in [-0.05, 0) is 38.1 Å². The Morgan fingerprint density at radius 1 is 1.17 bits per heavy atom. The van der Waals surface area contributed by atoms with Crippen molar-refractivity contribution in [2.75, 3.05) is 18.1 Å². The van der Waals surface area contributed by atoms with E-state index in [1.807, 2.05) is 50.2 Å². The maximum atomic E-state index is 12.4. The molecule has 6 heteroatoms. The van der Waals surface area contributed by atoms with E-state index in [1.54, 1.807) is 6.07 Å². The lowest BCUT2D eigenvalue weighted by atomic mass is 10.2. The van der Waals surface area contributed by atoms with Crippen LogP contribution < -0.4 is 4.90 Å². The molecule has 0 saturated heterocycles. The first-order chi connectivity index (χ1) is 11.5. The number of ether oxygens (including phenoxy) is 1. The van der Waals surface area contributed by atoms with E-state index in [1.165, 1.54) is 16.2 Å². The number of carbonyl (C=O) groups is 2. The average Bonchev–Trinajstić information content (AvgIpc) is 3.01. The highest BCUT2D eigenvalue weighted by Gasteiger charge is 2.18. The molecule has 0 N–H and O–H groups in total. The number of esters is 1. The van der Waals surface area contributed by atoms with Gasteiger partial charge in [-0.15, -0.1) is 11.3 Å². The minimum Gasteiger partial charge on any atom is -0.451 e. The molecule has 5 nitrogen and oxygen atoms in total. The van der Waals surface area contributed by atoms with Crippen molar-refractivity contribution in [1.82, 2.24) is 0 Å². The van der Waals surface area contributed by atoms with Crippen molar-refractivity contribution in [3.8, 4) is 6.07 Å².